The quantitative estimate of drug-likeness (QED) is 0.637. The Kier molecular flexibility index (Phi) is 4.51. The third kappa shape index (κ3) is 3.23. The van der Waals surface area contributed by atoms with E-state index in [0.29, 0.717) is 5.82 Å². The van der Waals surface area contributed by atoms with Crippen LogP contribution in [0, 0.1) is 5.92 Å². The largest absolute Gasteiger partial charge is 0.394 e. The first kappa shape index (κ1) is 14.7. The Morgan fingerprint density at radius 2 is 2.40 bits per heavy atom. The van der Waals surface area contributed by atoms with Crippen LogP contribution in [0.3, 0.4) is 0 Å². The zero-order valence-electron chi connectivity index (χ0n) is 11.9. The molecule has 0 aromatic carbocycles. The lowest BCUT2D eigenvalue weighted by Gasteiger charge is -2.17. The zero-order valence-corrected chi connectivity index (χ0v) is 11.9. The fourth-order valence-electron chi connectivity index (χ4n) is 2.22. The van der Waals surface area contributed by atoms with Gasteiger partial charge in [-0.05, 0) is 12.5 Å². The minimum Gasteiger partial charge on any atom is -0.394 e. The molecule has 0 aliphatic carbocycles. The molecule has 0 radical (unpaired) electrons. The van der Waals surface area contributed by atoms with Gasteiger partial charge in [-0.3, -0.25) is 4.57 Å². The minimum absolute atomic E-state index is 0.0335. The first-order valence-electron chi connectivity index (χ1n) is 6.57. The number of aromatic nitrogens is 2. The van der Waals surface area contributed by atoms with Crippen molar-refractivity contribution in [2.24, 2.45) is 10.9 Å². The third-order valence-corrected chi connectivity index (χ3v) is 3.17. The van der Waals surface area contributed by atoms with E-state index in [-0.39, 0.29) is 24.9 Å². The molecule has 1 aromatic rings. The van der Waals surface area contributed by atoms with Crippen LogP contribution in [0.5, 0.6) is 0 Å². The van der Waals surface area contributed by atoms with Crippen molar-refractivity contribution in [3.63, 3.8) is 0 Å². The number of rotatable bonds is 4. The molecule has 1 aliphatic rings. The van der Waals surface area contributed by atoms with Gasteiger partial charge in [0, 0.05) is 26.2 Å². The molecule has 110 valence electrons. The van der Waals surface area contributed by atoms with Crippen LogP contribution in [0.1, 0.15) is 19.6 Å². The van der Waals surface area contributed by atoms with Gasteiger partial charge in [0.15, 0.2) is 5.82 Å². The van der Waals surface area contributed by atoms with Gasteiger partial charge in [0.2, 0.25) is 0 Å². The van der Waals surface area contributed by atoms with Crippen molar-refractivity contribution in [3.05, 3.63) is 22.7 Å². The topological polar surface area (TPSA) is 80.0 Å². The van der Waals surface area contributed by atoms with Crippen LogP contribution in [0.15, 0.2) is 22.1 Å². The van der Waals surface area contributed by atoms with Gasteiger partial charge < -0.3 is 14.7 Å². The van der Waals surface area contributed by atoms with E-state index in [1.54, 1.807) is 23.5 Å². The Morgan fingerprint density at radius 3 is 2.95 bits per heavy atom. The maximum atomic E-state index is 12.0. The lowest BCUT2D eigenvalue weighted by Crippen LogP contribution is -2.29. The molecule has 20 heavy (non-hydrogen) atoms. The molecular weight excluding hydrogens is 260 g/mol. The van der Waals surface area contributed by atoms with Crippen molar-refractivity contribution < 1.29 is 9.84 Å². The number of aliphatic hydroxyl groups is 1. The number of ether oxygens (including phenoxy) is 1. The summed E-state index contributed by atoms with van der Waals surface area (Å²) in [6, 6.07) is 1.67. The van der Waals surface area contributed by atoms with E-state index < -0.39 is 5.69 Å². The maximum absolute atomic E-state index is 12.0. The number of hydrogen-bond donors (Lipinski definition) is 1. The van der Waals surface area contributed by atoms with Crippen molar-refractivity contribution in [1.82, 2.24) is 14.5 Å². The molecule has 2 rings (SSSR count). The fourth-order valence-corrected chi connectivity index (χ4v) is 2.22. The van der Waals surface area contributed by atoms with Gasteiger partial charge in [-0.15, -0.1) is 0 Å². The van der Waals surface area contributed by atoms with Crippen LogP contribution in [0.25, 0.3) is 0 Å². The highest BCUT2D eigenvalue weighted by molar-refractivity contribution is 5.58. The maximum Gasteiger partial charge on any atom is 0.351 e. The van der Waals surface area contributed by atoms with Crippen LogP contribution in [0.4, 0.5) is 5.82 Å². The Labute approximate surface area is 117 Å². The molecule has 7 nitrogen and oxygen atoms in total. The van der Waals surface area contributed by atoms with E-state index in [4.69, 9.17) is 9.84 Å². The fraction of sp³-hybridized carbons (Fsp3) is 0.615. The summed E-state index contributed by atoms with van der Waals surface area (Å²) in [4.78, 5) is 21.8. The monoisotopic (exact) mass is 280 g/mol. The minimum atomic E-state index is -0.395. The smallest absolute Gasteiger partial charge is 0.351 e. The van der Waals surface area contributed by atoms with Gasteiger partial charge in [0.05, 0.1) is 19.0 Å². The van der Waals surface area contributed by atoms with Crippen LogP contribution in [-0.2, 0) is 4.74 Å². The van der Waals surface area contributed by atoms with E-state index in [1.807, 2.05) is 21.0 Å². The van der Waals surface area contributed by atoms with Crippen molar-refractivity contribution >= 4 is 12.2 Å². The SMILES string of the molecule is C[C@H]1C[C@@H](CO)O[C@H]1n1ccc(/N=C/N(C)C)nc1=O. The second-order valence-electron chi connectivity index (χ2n) is 5.23. The summed E-state index contributed by atoms with van der Waals surface area (Å²) in [6.45, 7) is 1.96. The Balaban J connectivity index is 2.20. The van der Waals surface area contributed by atoms with Crippen molar-refractivity contribution in [2.75, 3.05) is 20.7 Å². The molecule has 1 aromatic heterocycles. The van der Waals surface area contributed by atoms with Crippen molar-refractivity contribution in [1.29, 1.82) is 0 Å². The molecule has 0 amide bonds. The summed E-state index contributed by atoms with van der Waals surface area (Å²) in [7, 11) is 3.68. The summed E-state index contributed by atoms with van der Waals surface area (Å²) in [5.74, 6) is 0.520. The molecular formula is C13H20N4O3. The van der Waals surface area contributed by atoms with E-state index >= 15 is 0 Å². The molecule has 1 aliphatic heterocycles. The molecule has 0 bridgehead atoms. The van der Waals surface area contributed by atoms with Crippen molar-refractivity contribution in [2.45, 2.75) is 25.7 Å². The second kappa shape index (κ2) is 6.15. The van der Waals surface area contributed by atoms with E-state index in [0.717, 1.165) is 6.42 Å². The first-order valence-corrected chi connectivity index (χ1v) is 6.57. The Bertz CT molecular complexity index is 541. The average Bonchev–Trinajstić information content (AvgIpc) is 2.78. The lowest BCUT2D eigenvalue weighted by atomic mass is 10.1. The summed E-state index contributed by atoms with van der Waals surface area (Å²) in [5, 5.41) is 9.13. The predicted molar refractivity (Wildman–Crippen MR) is 75.1 cm³/mol. The number of nitrogens with zero attached hydrogens (tertiary/aromatic N) is 4. The molecule has 7 heteroatoms. The lowest BCUT2D eigenvalue weighted by molar-refractivity contribution is -0.0335. The zero-order chi connectivity index (χ0) is 14.7. The highest BCUT2D eigenvalue weighted by Crippen LogP contribution is 2.32. The van der Waals surface area contributed by atoms with Crippen LogP contribution in [-0.4, -0.2) is 52.7 Å². The van der Waals surface area contributed by atoms with Crippen molar-refractivity contribution in [3.8, 4) is 0 Å². The van der Waals surface area contributed by atoms with Gasteiger partial charge in [-0.2, -0.15) is 4.98 Å². The molecule has 0 unspecified atom stereocenters. The Morgan fingerprint density at radius 1 is 1.65 bits per heavy atom. The third-order valence-electron chi connectivity index (χ3n) is 3.17. The normalized spacial score (nSPS) is 26.3. The Hall–Kier alpha value is -1.73. The second-order valence-corrected chi connectivity index (χ2v) is 5.23. The highest BCUT2D eigenvalue weighted by atomic mass is 16.5. The van der Waals surface area contributed by atoms with Gasteiger partial charge in [-0.25, -0.2) is 9.79 Å². The number of aliphatic hydroxyl groups excluding tert-OH is 1. The molecule has 1 fully saturated rings. The van der Waals surface area contributed by atoms with Gasteiger partial charge in [-0.1, -0.05) is 6.92 Å². The molecule has 1 saturated heterocycles. The first-order chi connectivity index (χ1) is 9.51. The van der Waals surface area contributed by atoms with E-state index in [1.165, 1.54) is 4.57 Å². The van der Waals surface area contributed by atoms with E-state index in [9.17, 15) is 4.79 Å². The van der Waals surface area contributed by atoms with E-state index in [2.05, 4.69) is 9.98 Å². The number of aliphatic imine (C=N–C) groups is 1. The molecule has 3 atom stereocenters. The van der Waals surface area contributed by atoms with Crippen LogP contribution >= 0.6 is 0 Å². The predicted octanol–water partition coefficient (Wildman–Crippen LogP) is 0.381. The molecule has 2 heterocycles. The summed E-state index contributed by atoms with van der Waals surface area (Å²) < 4.78 is 7.11. The standard InChI is InChI=1S/C13H20N4O3/c1-9-6-10(7-18)20-12(9)17-5-4-11(15-13(17)19)14-8-16(2)3/h4-5,8-10,12,18H,6-7H2,1-3H3/b14-8+/t9-,10-,12+/m0/s1. The van der Waals surface area contributed by atoms with Gasteiger partial charge in [0.25, 0.3) is 0 Å². The van der Waals surface area contributed by atoms with Crippen LogP contribution < -0.4 is 5.69 Å². The summed E-state index contributed by atoms with van der Waals surface area (Å²) >= 11 is 0. The highest BCUT2D eigenvalue weighted by Gasteiger charge is 2.33. The molecule has 0 saturated carbocycles. The van der Waals surface area contributed by atoms with Crippen LogP contribution in [0.2, 0.25) is 0 Å². The number of hydrogen-bond acceptors (Lipinski definition) is 5. The molecule has 0 spiro atoms. The van der Waals surface area contributed by atoms with Gasteiger partial charge >= 0.3 is 5.69 Å². The molecule has 1 N–H and O–H groups in total. The van der Waals surface area contributed by atoms with Gasteiger partial charge in [0.1, 0.15) is 6.23 Å². The summed E-state index contributed by atoms with van der Waals surface area (Å²) in [6.07, 6.45) is 3.36. The average molecular weight is 280 g/mol. The summed E-state index contributed by atoms with van der Waals surface area (Å²) in [5.41, 5.74) is -0.395.